The van der Waals surface area contributed by atoms with Crippen molar-refractivity contribution in [3.8, 4) is 0 Å². The van der Waals surface area contributed by atoms with Gasteiger partial charge in [-0.15, -0.1) is 4.52 Å². The van der Waals surface area contributed by atoms with E-state index in [0.717, 1.165) is 17.8 Å². The number of hydrogen-bond acceptors (Lipinski definition) is 2. The highest BCUT2D eigenvalue weighted by Crippen LogP contribution is 2.60. The van der Waals surface area contributed by atoms with Gasteiger partial charge in [0.05, 0.1) is 0 Å². The first kappa shape index (κ1) is 12.1. The lowest BCUT2D eigenvalue weighted by molar-refractivity contribution is -0.105. The van der Waals surface area contributed by atoms with E-state index in [1.807, 2.05) is 20.8 Å². The van der Waals surface area contributed by atoms with Crippen LogP contribution in [0.3, 0.4) is 0 Å². The smallest absolute Gasteiger partial charge is 0.139 e. The zero-order chi connectivity index (χ0) is 12.3. The molecule has 1 atom stereocenters. The van der Waals surface area contributed by atoms with Crippen LogP contribution in [0.5, 0.6) is 0 Å². The second-order valence-corrected chi connectivity index (χ2v) is 9.66. The summed E-state index contributed by atoms with van der Waals surface area (Å²) in [5.41, 5.74) is -0.00448. The van der Waals surface area contributed by atoms with Crippen molar-refractivity contribution in [1.82, 2.24) is 0 Å². The average Bonchev–Trinajstić information content (AvgIpc) is 2.12. The zero-order valence-corrected chi connectivity index (χ0v) is 12.1. The van der Waals surface area contributed by atoms with Crippen molar-refractivity contribution in [1.29, 1.82) is 0 Å². The van der Waals surface area contributed by atoms with E-state index >= 15 is 0 Å². The second kappa shape index (κ2) is 3.78. The highest BCUT2D eigenvalue weighted by Gasteiger charge is 2.57. The average molecular weight is 255 g/mol. The quantitative estimate of drug-likeness (QED) is 0.678. The summed E-state index contributed by atoms with van der Waals surface area (Å²) in [6, 6.07) is 0. The third-order valence-corrected chi connectivity index (χ3v) is 6.45. The molecule has 96 valence electrons. The van der Waals surface area contributed by atoms with Crippen LogP contribution in [0, 0.1) is 17.8 Å². The van der Waals surface area contributed by atoms with Crippen molar-refractivity contribution >= 4 is 8.03 Å². The third-order valence-electron chi connectivity index (χ3n) is 4.81. The Morgan fingerprint density at radius 1 is 1.00 bits per heavy atom. The molecule has 4 saturated carbocycles. The van der Waals surface area contributed by atoms with E-state index in [-0.39, 0.29) is 10.8 Å². The molecule has 0 saturated heterocycles. The molecule has 0 N–H and O–H groups in total. The van der Waals surface area contributed by atoms with E-state index in [4.69, 9.17) is 4.52 Å². The Balaban J connectivity index is 1.76. The first-order valence-electron chi connectivity index (χ1n) is 7.03. The van der Waals surface area contributed by atoms with Crippen molar-refractivity contribution in [2.75, 3.05) is 0 Å². The molecular formula is C14H24O2P+. The van der Waals surface area contributed by atoms with E-state index in [0.29, 0.717) is 0 Å². The van der Waals surface area contributed by atoms with Crippen LogP contribution in [0.2, 0.25) is 0 Å². The molecule has 4 aliphatic carbocycles. The van der Waals surface area contributed by atoms with Crippen molar-refractivity contribution in [2.45, 2.75) is 70.1 Å². The minimum Gasteiger partial charge on any atom is -0.139 e. The van der Waals surface area contributed by atoms with Crippen molar-refractivity contribution < 1.29 is 9.09 Å². The summed E-state index contributed by atoms with van der Waals surface area (Å²) < 4.78 is 18.4. The van der Waals surface area contributed by atoms with Crippen LogP contribution >= 0.6 is 8.03 Å². The molecular weight excluding hydrogens is 231 g/mol. The first-order valence-corrected chi connectivity index (χ1v) is 8.21. The van der Waals surface area contributed by atoms with Gasteiger partial charge in [-0.3, -0.25) is 0 Å². The molecule has 0 aromatic carbocycles. The van der Waals surface area contributed by atoms with E-state index < -0.39 is 8.03 Å². The van der Waals surface area contributed by atoms with Crippen molar-refractivity contribution in [3.05, 3.63) is 0 Å². The summed E-state index contributed by atoms with van der Waals surface area (Å²) in [5, 5.41) is -0.210. The van der Waals surface area contributed by atoms with Crippen LogP contribution in [0.25, 0.3) is 0 Å². The Labute approximate surface area is 105 Å². The van der Waals surface area contributed by atoms with Crippen LogP contribution in [0.15, 0.2) is 0 Å². The monoisotopic (exact) mass is 255 g/mol. The number of rotatable bonds is 2. The SMILES string of the molecule is CC(C)(C)[P+](=O)OC12CC3CC(CC(C3)C1)C2. The Morgan fingerprint density at radius 3 is 1.76 bits per heavy atom. The minimum absolute atomic E-state index is 0.00448. The van der Waals surface area contributed by atoms with Gasteiger partial charge in [0, 0.05) is 0 Å². The van der Waals surface area contributed by atoms with Gasteiger partial charge >= 0.3 is 8.03 Å². The molecule has 0 spiro atoms. The van der Waals surface area contributed by atoms with Gasteiger partial charge in [0.1, 0.15) is 5.60 Å². The highest BCUT2D eigenvalue weighted by atomic mass is 31.1. The van der Waals surface area contributed by atoms with E-state index in [1.165, 1.54) is 38.5 Å². The Bertz CT molecular complexity index is 307. The molecule has 0 aromatic heterocycles. The fourth-order valence-electron chi connectivity index (χ4n) is 4.46. The van der Waals surface area contributed by atoms with Crippen LogP contribution in [0.4, 0.5) is 0 Å². The molecule has 3 heteroatoms. The van der Waals surface area contributed by atoms with E-state index in [1.54, 1.807) is 0 Å². The maximum Gasteiger partial charge on any atom is 0.514 e. The van der Waals surface area contributed by atoms with Crippen molar-refractivity contribution in [3.63, 3.8) is 0 Å². The molecule has 17 heavy (non-hydrogen) atoms. The highest BCUT2D eigenvalue weighted by molar-refractivity contribution is 7.41. The van der Waals surface area contributed by atoms with Gasteiger partial charge in [-0.1, -0.05) is 0 Å². The first-order chi connectivity index (χ1) is 7.86. The van der Waals surface area contributed by atoms with Crippen LogP contribution in [-0.2, 0) is 9.09 Å². The molecule has 2 nitrogen and oxygen atoms in total. The summed E-state index contributed by atoms with van der Waals surface area (Å²) in [4.78, 5) is 0. The predicted octanol–water partition coefficient (Wildman–Crippen LogP) is 4.51. The molecule has 4 fully saturated rings. The summed E-state index contributed by atoms with van der Waals surface area (Å²) >= 11 is 0. The fraction of sp³-hybridized carbons (Fsp3) is 1.00. The molecule has 0 radical (unpaired) electrons. The fourth-order valence-corrected chi connectivity index (χ4v) is 5.31. The molecule has 4 rings (SSSR count). The molecule has 0 heterocycles. The van der Waals surface area contributed by atoms with E-state index in [2.05, 4.69) is 0 Å². The van der Waals surface area contributed by atoms with Gasteiger partial charge < -0.3 is 0 Å². The summed E-state index contributed by atoms with van der Waals surface area (Å²) in [7, 11) is -1.53. The molecule has 4 bridgehead atoms. The molecule has 1 unspecified atom stereocenters. The largest absolute Gasteiger partial charge is 0.514 e. The molecule has 0 amide bonds. The standard InChI is InChI=1S/C14H24O2P/c1-13(2,3)17(15)16-14-7-10-4-11(8-14)6-12(5-10)9-14/h10-12H,4-9H2,1-3H3/q+1. The molecule has 0 aliphatic heterocycles. The van der Waals surface area contributed by atoms with Gasteiger partial charge in [0.15, 0.2) is 5.16 Å². The number of hydrogen-bond donors (Lipinski definition) is 0. The normalized spacial score (nSPS) is 45.1. The van der Waals surface area contributed by atoms with Gasteiger partial charge in [0.25, 0.3) is 0 Å². The van der Waals surface area contributed by atoms with Crippen molar-refractivity contribution in [2.24, 2.45) is 17.8 Å². The lowest BCUT2D eigenvalue weighted by atomic mass is 9.54. The lowest BCUT2D eigenvalue weighted by Crippen LogP contribution is -2.51. The molecule has 4 aliphatic rings. The van der Waals surface area contributed by atoms with Gasteiger partial charge in [0.2, 0.25) is 0 Å². The van der Waals surface area contributed by atoms with Gasteiger partial charge in [-0.05, 0) is 81.6 Å². The van der Waals surface area contributed by atoms with E-state index in [9.17, 15) is 4.57 Å². The zero-order valence-electron chi connectivity index (χ0n) is 11.2. The Kier molecular flexibility index (Phi) is 2.69. The van der Waals surface area contributed by atoms with Crippen LogP contribution < -0.4 is 0 Å². The second-order valence-electron chi connectivity index (χ2n) is 7.62. The molecule has 0 aromatic rings. The van der Waals surface area contributed by atoms with Crippen LogP contribution in [0.1, 0.15) is 59.3 Å². The van der Waals surface area contributed by atoms with Gasteiger partial charge in [-0.25, -0.2) is 0 Å². The Morgan fingerprint density at radius 2 is 1.41 bits per heavy atom. The summed E-state index contributed by atoms with van der Waals surface area (Å²) in [5.74, 6) is 2.60. The van der Waals surface area contributed by atoms with Gasteiger partial charge in [-0.2, -0.15) is 0 Å². The summed E-state index contributed by atoms with van der Waals surface area (Å²) in [6.45, 7) is 6.06. The Hall–Kier alpha value is 0.0600. The summed E-state index contributed by atoms with van der Waals surface area (Å²) in [6.07, 6.45) is 7.77. The third kappa shape index (κ3) is 2.19. The topological polar surface area (TPSA) is 26.3 Å². The lowest BCUT2D eigenvalue weighted by Gasteiger charge is -2.53. The van der Waals surface area contributed by atoms with Crippen LogP contribution in [-0.4, -0.2) is 10.8 Å². The minimum atomic E-state index is -1.53. The maximum absolute atomic E-state index is 12.3. The maximum atomic E-state index is 12.3. The predicted molar refractivity (Wildman–Crippen MR) is 69.3 cm³/mol.